The van der Waals surface area contributed by atoms with Crippen molar-refractivity contribution < 1.29 is 22.7 Å². The summed E-state index contributed by atoms with van der Waals surface area (Å²) in [6, 6.07) is 10.4. The maximum absolute atomic E-state index is 13.5. The van der Waals surface area contributed by atoms with Crippen LogP contribution < -0.4 is 32.0 Å². The fourth-order valence-corrected chi connectivity index (χ4v) is 3.79. The number of aromatic nitrogens is 1. The molecule has 200 valence electrons. The number of carbonyl (C=O) groups is 1. The molecule has 0 aliphatic heterocycles. The van der Waals surface area contributed by atoms with Gasteiger partial charge in [-0.15, -0.1) is 0 Å². The lowest BCUT2D eigenvalue weighted by Gasteiger charge is -2.19. The summed E-state index contributed by atoms with van der Waals surface area (Å²) in [5, 5.41) is 7.06. The molecule has 1 aliphatic rings. The molecule has 3 aromatic rings. The van der Waals surface area contributed by atoms with E-state index in [1.54, 1.807) is 49.6 Å². The SMILES string of the molecule is COc1cncc(/C(N)=C/N(N)c2cc(C(=O)Nc3cc(CNC4CC4)cc(C(F)(F)F)c3)ccc2C)c1. The number of hydrogen-bond acceptors (Lipinski definition) is 7. The number of halogens is 3. The Morgan fingerprint density at radius 2 is 1.92 bits per heavy atom. The molecule has 0 saturated heterocycles. The van der Waals surface area contributed by atoms with Gasteiger partial charge in [0.05, 0.1) is 30.3 Å². The van der Waals surface area contributed by atoms with E-state index in [2.05, 4.69) is 15.6 Å². The van der Waals surface area contributed by atoms with E-state index in [1.165, 1.54) is 18.3 Å². The Kier molecular flexibility index (Phi) is 7.88. The highest BCUT2D eigenvalue weighted by atomic mass is 19.4. The third kappa shape index (κ3) is 6.81. The summed E-state index contributed by atoms with van der Waals surface area (Å²) in [5.74, 6) is 6.19. The highest BCUT2D eigenvalue weighted by Crippen LogP contribution is 2.33. The van der Waals surface area contributed by atoms with Crippen molar-refractivity contribution in [3.8, 4) is 5.75 Å². The van der Waals surface area contributed by atoms with Crippen molar-refractivity contribution in [2.75, 3.05) is 17.4 Å². The average molecular weight is 527 g/mol. The van der Waals surface area contributed by atoms with Gasteiger partial charge < -0.3 is 21.1 Å². The Bertz CT molecular complexity index is 1350. The van der Waals surface area contributed by atoms with Gasteiger partial charge in [0.2, 0.25) is 0 Å². The normalized spacial score (nSPS) is 13.8. The number of pyridine rings is 1. The van der Waals surface area contributed by atoms with E-state index in [0.29, 0.717) is 34.3 Å². The summed E-state index contributed by atoms with van der Waals surface area (Å²) < 4.78 is 45.7. The minimum atomic E-state index is -4.54. The number of rotatable bonds is 9. The summed E-state index contributed by atoms with van der Waals surface area (Å²) >= 11 is 0. The Morgan fingerprint density at radius 1 is 1.16 bits per heavy atom. The molecule has 0 atom stereocenters. The molecule has 1 saturated carbocycles. The van der Waals surface area contributed by atoms with Gasteiger partial charge in [-0.05, 0) is 67.3 Å². The first-order chi connectivity index (χ1) is 18.0. The van der Waals surface area contributed by atoms with Gasteiger partial charge >= 0.3 is 6.18 Å². The van der Waals surface area contributed by atoms with Crippen LogP contribution in [0.2, 0.25) is 0 Å². The molecule has 0 radical (unpaired) electrons. The van der Waals surface area contributed by atoms with E-state index in [9.17, 15) is 18.0 Å². The first-order valence-electron chi connectivity index (χ1n) is 11.9. The van der Waals surface area contributed by atoms with Crippen LogP contribution in [0.15, 0.2) is 61.1 Å². The summed E-state index contributed by atoms with van der Waals surface area (Å²) in [6.45, 7) is 2.09. The zero-order chi connectivity index (χ0) is 27.4. The second kappa shape index (κ2) is 11.1. The zero-order valence-electron chi connectivity index (χ0n) is 21.0. The molecular formula is C27H29F3N6O2. The highest BCUT2D eigenvalue weighted by Gasteiger charge is 2.31. The van der Waals surface area contributed by atoms with Gasteiger partial charge in [0.1, 0.15) is 5.75 Å². The molecule has 2 aromatic carbocycles. The second-order valence-corrected chi connectivity index (χ2v) is 9.13. The molecule has 1 aromatic heterocycles. The Morgan fingerprint density at radius 3 is 2.61 bits per heavy atom. The van der Waals surface area contributed by atoms with Crippen LogP contribution in [0, 0.1) is 6.92 Å². The van der Waals surface area contributed by atoms with Crippen LogP contribution in [0.3, 0.4) is 0 Å². The van der Waals surface area contributed by atoms with Crippen molar-refractivity contribution in [2.24, 2.45) is 11.6 Å². The van der Waals surface area contributed by atoms with Crippen LogP contribution in [0.4, 0.5) is 24.5 Å². The molecule has 11 heteroatoms. The van der Waals surface area contributed by atoms with Crippen molar-refractivity contribution in [3.63, 3.8) is 0 Å². The first kappa shape index (κ1) is 27.0. The topological polar surface area (TPSA) is 119 Å². The van der Waals surface area contributed by atoms with Crippen LogP contribution in [0.25, 0.3) is 5.70 Å². The van der Waals surface area contributed by atoms with E-state index in [0.717, 1.165) is 30.5 Å². The van der Waals surface area contributed by atoms with E-state index < -0.39 is 17.6 Å². The second-order valence-electron chi connectivity index (χ2n) is 9.13. The Balaban J connectivity index is 1.55. The lowest BCUT2D eigenvalue weighted by atomic mass is 10.1. The van der Waals surface area contributed by atoms with Crippen molar-refractivity contribution in [1.29, 1.82) is 0 Å². The number of ether oxygens (including phenoxy) is 1. The zero-order valence-corrected chi connectivity index (χ0v) is 21.0. The maximum atomic E-state index is 13.5. The monoisotopic (exact) mass is 526 g/mol. The van der Waals surface area contributed by atoms with Gasteiger partial charge in [0.25, 0.3) is 5.91 Å². The van der Waals surface area contributed by atoms with Crippen LogP contribution in [-0.4, -0.2) is 24.0 Å². The fourth-order valence-electron chi connectivity index (χ4n) is 3.79. The van der Waals surface area contributed by atoms with Crippen molar-refractivity contribution in [2.45, 2.75) is 38.5 Å². The largest absolute Gasteiger partial charge is 0.495 e. The summed E-state index contributed by atoms with van der Waals surface area (Å²) in [6.07, 6.45) is 2.05. The molecule has 1 fully saturated rings. The number of nitrogens with zero attached hydrogens (tertiary/aromatic N) is 2. The predicted molar refractivity (Wildman–Crippen MR) is 140 cm³/mol. The molecule has 4 rings (SSSR count). The van der Waals surface area contributed by atoms with Gasteiger partial charge in [0, 0.05) is 41.8 Å². The fraction of sp³-hybridized carbons (Fsp3) is 0.259. The molecule has 8 nitrogen and oxygen atoms in total. The van der Waals surface area contributed by atoms with Gasteiger partial charge in [-0.1, -0.05) is 6.07 Å². The number of nitrogens with one attached hydrogen (secondary N) is 2. The van der Waals surface area contributed by atoms with Gasteiger partial charge in [-0.3, -0.25) is 14.8 Å². The highest BCUT2D eigenvalue weighted by molar-refractivity contribution is 6.05. The van der Waals surface area contributed by atoms with E-state index >= 15 is 0 Å². The minimum Gasteiger partial charge on any atom is -0.495 e. The Labute approximate surface area is 218 Å². The lowest BCUT2D eigenvalue weighted by molar-refractivity contribution is -0.137. The molecule has 0 bridgehead atoms. The molecule has 1 amide bonds. The third-order valence-electron chi connectivity index (χ3n) is 6.06. The lowest BCUT2D eigenvalue weighted by Crippen LogP contribution is -2.27. The van der Waals surface area contributed by atoms with E-state index in [-0.39, 0.29) is 17.8 Å². The minimum absolute atomic E-state index is 0.0545. The number of anilines is 2. The third-order valence-corrected chi connectivity index (χ3v) is 6.06. The number of hydrazine groups is 1. The molecule has 1 aliphatic carbocycles. The van der Waals surface area contributed by atoms with E-state index in [1.807, 2.05) is 0 Å². The number of alkyl halides is 3. The number of benzene rings is 2. The first-order valence-corrected chi connectivity index (χ1v) is 11.9. The number of carbonyl (C=O) groups excluding carboxylic acids is 1. The van der Waals surface area contributed by atoms with Crippen molar-refractivity contribution in [1.82, 2.24) is 10.3 Å². The molecular weight excluding hydrogens is 497 g/mol. The number of hydrogen-bond donors (Lipinski definition) is 4. The van der Waals surface area contributed by atoms with E-state index in [4.69, 9.17) is 16.3 Å². The molecule has 0 unspecified atom stereocenters. The Hall–Kier alpha value is -4.09. The average Bonchev–Trinajstić information content (AvgIpc) is 3.71. The van der Waals surface area contributed by atoms with Crippen LogP contribution in [0.1, 0.15) is 45.5 Å². The van der Waals surface area contributed by atoms with Crippen LogP contribution in [-0.2, 0) is 12.7 Å². The van der Waals surface area contributed by atoms with Crippen LogP contribution >= 0.6 is 0 Å². The summed E-state index contributed by atoms with van der Waals surface area (Å²) in [4.78, 5) is 17.1. The summed E-state index contributed by atoms with van der Waals surface area (Å²) in [5.41, 5.74) is 8.20. The van der Waals surface area contributed by atoms with Crippen molar-refractivity contribution >= 4 is 23.0 Å². The standard InChI is InChI=1S/C27H29F3N6O2/c1-16-3-4-18(10-25(16)36(32)15-24(31)19-9-23(38-2)14-33-13-19)26(37)35-22-8-17(12-34-21-5-6-21)7-20(11-22)27(28,29)30/h3-4,7-11,13-15,21,34H,5-6,12,31-32H2,1-2H3,(H,35,37)/b24-15-. The maximum Gasteiger partial charge on any atom is 0.416 e. The number of amides is 1. The predicted octanol–water partition coefficient (Wildman–Crippen LogP) is 4.56. The molecule has 1 heterocycles. The number of aryl methyl sites for hydroxylation is 1. The quantitative estimate of drug-likeness (QED) is 0.238. The molecule has 0 spiro atoms. The molecule has 38 heavy (non-hydrogen) atoms. The molecule has 6 N–H and O–H groups in total. The van der Waals surface area contributed by atoms with Crippen molar-refractivity contribution in [3.05, 3.63) is 88.9 Å². The summed E-state index contributed by atoms with van der Waals surface area (Å²) in [7, 11) is 1.51. The van der Waals surface area contributed by atoms with Gasteiger partial charge in [-0.25, -0.2) is 5.84 Å². The van der Waals surface area contributed by atoms with Crippen LogP contribution in [0.5, 0.6) is 5.75 Å². The van der Waals surface area contributed by atoms with Gasteiger partial charge in [-0.2, -0.15) is 13.2 Å². The number of nitrogens with two attached hydrogens (primary N) is 2. The smallest absolute Gasteiger partial charge is 0.416 e. The number of methoxy groups -OCH3 is 1. The van der Waals surface area contributed by atoms with Gasteiger partial charge in [0.15, 0.2) is 0 Å².